The first-order valence-electron chi connectivity index (χ1n) is 14.9. The summed E-state index contributed by atoms with van der Waals surface area (Å²) in [4.78, 5) is 53.7. The van der Waals surface area contributed by atoms with Crippen LogP contribution in [-0.4, -0.2) is 69.8 Å². The highest BCUT2D eigenvalue weighted by Crippen LogP contribution is 2.71. The number of hydrogen-bond acceptors (Lipinski definition) is 7. The first-order chi connectivity index (χ1) is 18.8. The van der Waals surface area contributed by atoms with Crippen molar-refractivity contribution in [3.8, 4) is 0 Å². The SMILES string of the molecule is O=C(OC1CCCC1)O[C@H]1CCCCCCC[C@@H]2C[C@@]2(P(=O)(O)CC2=CCCS2)NC(=O)[C@@H]2CCCN2C1=O. The van der Waals surface area contributed by atoms with Crippen molar-refractivity contribution in [2.75, 3.05) is 18.5 Å². The highest BCUT2D eigenvalue weighted by Gasteiger charge is 2.66. The van der Waals surface area contributed by atoms with Crippen molar-refractivity contribution in [2.24, 2.45) is 5.92 Å². The lowest BCUT2D eigenvalue weighted by Gasteiger charge is -2.31. The minimum absolute atomic E-state index is 0.0265. The molecular weight excluding hydrogens is 539 g/mol. The van der Waals surface area contributed by atoms with E-state index in [9.17, 15) is 23.8 Å². The Morgan fingerprint density at radius 3 is 2.49 bits per heavy atom. The number of nitrogens with one attached hydrogen (secondary N) is 1. The van der Waals surface area contributed by atoms with Gasteiger partial charge in [-0.2, -0.15) is 0 Å². The van der Waals surface area contributed by atoms with Crippen LogP contribution in [0.4, 0.5) is 4.79 Å². The van der Waals surface area contributed by atoms with Crippen molar-refractivity contribution in [3.05, 3.63) is 11.0 Å². The predicted octanol–water partition coefficient (Wildman–Crippen LogP) is 5.31. The van der Waals surface area contributed by atoms with Crippen molar-refractivity contribution >= 4 is 37.1 Å². The zero-order valence-electron chi connectivity index (χ0n) is 22.8. The van der Waals surface area contributed by atoms with Gasteiger partial charge in [0.15, 0.2) is 6.10 Å². The fourth-order valence-corrected chi connectivity index (χ4v) is 10.8. The molecule has 0 aromatic rings. The number of carbonyl (C=O) groups is 3. The zero-order chi connectivity index (χ0) is 27.5. The van der Waals surface area contributed by atoms with Crippen molar-refractivity contribution in [1.29, 1.82) is 0 Å². The van der Waals surface area contributed by atoms with E-state index in [1.54, 1.807) is 11.8 Å². The van der Waals surface area contributed by atoms with E-state index in [1.165, 1.54) is 4.90 Å². The Morgan fingerprint density at radius 1 is 1.03 bits per heavy atom. The van der Waals surface area contributed by atoms with Crippen LogP contribution in [-0.2, 0) is 23.6 Å². The van der Waals surface area contributed by atoms with Crippen molar-refractivity contribution in [2.45, 2.75) is 120 Å². The van der Waals surface area contributed by atoms with Gasteiger partial charge in [0.1, 0.15) is 17.4 Å². The first-order valence-corrected chi connectivity index (χ1v) is 17.8. The molecule has 0 aromatic heterocycles. The van der Waals surface area contributed by atoms with Crippen molar-refractivity contribution < 1.29 is 33.3 Å². The third-order valence-electron chi connectivity index (χ3n) is 9.12. The third-order valence-corrected chi connectivity index (χ3v) is 13.1. The largest absolute Gasteiger partial charge is 0.509 e. The second-order valence-corrected chi connectivity index (χ2v) is 15.6. The number of nitrogens with zero attached hydrogens (tertiary/aromatic N) is 1. The van der Waals surface area contributed by atoms with E-state index in [-0.39, 0.29) is 30.0 Å². The van der Waals surface area contributed by atoms with Crippen molar-refractivity contribution in [1.82, 2.24) is 10.2 Å². The lowest BCUT2D eigenvalue weighted by molar-refractivity contribution is -0.147. The van der Waals surface area contributed by atoms with Crippen LogP contribution in [0.3, 0.4) is 0 Å². The minimum Gasteiger partial charge on any atom is -0.431 e. The molecule has 2 N–H and O–H groups in total. The monoisotopic (exact) mass is 582 g/mol. The van der Waals surface area contributed by atoms with Gasteiger partial charge in [0, 0.05) is 12.3 Å². The van der Waals surface area contributed by atoms with Crippen LogP contribution >= 0.6 is 19.1 Å². The fraction of sp³-hybridized carbons (Fsp3) is 0.821. The summed E-state index contributed by atoms with van der Waals surface area (Å²) in [5.41, 5.74) is 0. The van der Waals surface area contributed by atoms with Gasteiger partial charge in [0.25, 0.3) is 5.91 Å². The van der Waals surface area contributed by atoms with Crippen LogP contribution in [0.1, 0.15) is 96.3 Å². The molecule has 0 spiro atoms. The van der Waals surface area contributed by atoms with E-state index in [2.05, 4.69) is 5.32 Å². The summed E-state index contributed by atoms with van der Waals surface area (Å²) in [5, 5.41) is 1.91. The average molecular weight is 583 g/mol. The molecule has 218 valence electrons. The van der Waals surface area contributed by atoms with E-state index in [0.717, 1.165) is 81.3 Å². The maximum Gasteiger partial charge on any atom is 0.509 e. The van der Waals surface area contributed by atoms with E-state index in [4.69, 9.17) is 9.47 Å². The molecule has 2 aliphatic carbocycles. The Labute approximate surface area is 235 Å². The highest BCUT2D eigenvalue weighted by atomic mass is 32.2. The molecule has 0 bridgehead atoms. The lowest BCUT2D eigenvalue weighted by Crippen LogP contribution is -2.53. The molecule has 9 nitrogen and oxygen atoms in total. The van der Waals surface area contributed by atoms with Crippen molar-refractivity contribution in [3.63, 3.8) is 0 Å². The zero-order valence-corrected chi connectivity index (χ0v) is 24.5. The van der Waals surface area contributed by atoms with Crippen LogP contribution in [0.2, 0.25) is 0 Å². The molecule has 3 heterocycles. The molecule has 2 saturated carbocycles. The molecular formula is C28H43N2O7PS. The van der Waals surface area contributed by atoms with Gasteiger partial charge in [0.2, 0.25) is 13.3 Å². The van der Waals surface area contributed by atoms with Gasteiger partial charge in [-0.1, -0.05) is 31.8 Å². The quantitative estimate of drug-likeness (QED) is 0.330. The molecule has 0 radical (unpaired) electrons. The van der Waals surface area contributed by atoms with Gasteiger partial charge in [-0.05, 0) is 81.5 Å². The maximum absolute atomic E-state index is 13.8. The third kappa shape index (κ3) is 6.70. The summed E-state index contributed by atoms with van der Waals surface area (Å²) in [7, 11) is -3.73. The first kappa shape index (κ1) is 29.0. The molecule has 39 heavy (non-hydrogen) atoms. The van der Waals surface area contributed by atoms with Gasteiger partial charge in [-0.15, -0.1) is 11.8 Å². The second-order valence-electron chi connectivity index (χ2n) is 11.9. The van der Waals surface area contributed by atoms with E-state index >= 15 is 0 Å². The molecule has 11 heteroatoms. The van der Waals surface area contributed by atoms with Gasteiger partial charge in [-0.25, -0.2) is 4.79 Å². The Kier molecular flexibility index (Phi) is 9.34. The summed E-state index contributed by atoms with van der Waals surface area (Å²) in [6, 6.07) is -0.738. The normalized spacial score (nSPS) is 34.1. The Balaban J connectivity index is 1.32. The van der Waals surface area contributed by atoms with Crippen LogP contribution in [0.5, 0.6) is 0 Å². The number of rotatable bonds is 5. The van der Waals surface area contributed by atoms with Gasteiger partial charge < -0.3 is 24.6 Å². The average Bonchev–Trinajstić information content (AvgIpc) is 3.41. The smallest absolute Gasteiger partial charge is 0.431 e. The second kappa shape index (κ2) is 12.6. The molecule has 4 fully saturated rings. The summed E-state index contributed by atoms with van der Waals surface area (Å²) < 4.78 is 24.9. The summed E-state index contributed by atoms with van der Waals surface area (Å²) in [5.74, 6) is 0.163. The van der Waals surface area contributed by atoms with E-state index in [1.807, 2.05) is 6.08 Å². The Bertz CT molecular complexity index is 1020. The van der Waals surface area contributed by atoms with Gasteiger partial charge >= 0.3 is 6.16 Å². The Morgan fingerprint density at radius 2 is 1.74 bits per heavy atom. The molecule has 2 saturated heterocycles. The lowest BCUT2D eigenvalue weighted by atomic mass is 10.0. The van der Waals surface area contributed by atoms with Crippen LogP contribution in [0.15, 0.2) is 11.0 Å². The summed E-state index contributed by atoms with van der Waals surface area (Å²) in [6.45, 7) is 0.394. The number of allylic oxidation sites excluding steroid dienone is 2. The molecule has 3 aliphatic heterocycles. The fourth-order valence-electron chi connectivity index (χ4n) is 6.81. The number of hydrogen-bond donors (Lipinski definition) is 2. The topological polar surface area (TPSA) is 122 Å². The standard InChI is InChI=1S/C28H43N2O7PS/c31-25-23-14-8-16-30(23)26(32)24(37-27(33)36-21-11-6-7-12-21)15-5-3-1-2-4-10-20-18-28(20,29-25)38(34,35)19-22-13-9-17-39-22/h13,20-21,23-24H,1-12,14-19H2,(H,29,31)(H,34,35)/t20-,23+,24+,28+/m1/s1. The van der Waals surface area contributed by atoms with E-state index < -0.39 is 31.0 Å². The molecule has 0 aromatic carbocycles. The highest BCUT2D eigenvalue weighted by molar-refractivity contribution is 8.03. The number of ether oxygens (including phenoxy) is 2. The summed E-state index contributed by atoms with van der Waals surface area (Å²) >= 11 is 1.62. The molecule has 1 unspecified atom stereocenters. The molecule has 5 aliphatic rings. The number of fused-ring (bicyclic) bond motifs is 2. The van der Waals surface area contributed by atoms with E-state index in [0.29, 0.717) is 32.2 Å². The molecule has 2 amide bonds. The van der Waals surface area contributed by atoms with Crippen LogP contribution < -0.4 is 5.32 Å². The molecule has 5 rings (SSSR count). The number of carbonyl (C=O) groups excluding carboxylic acids is 3. The maximum atomic E-state index is 13.8. The Hall–Kier alpha value is -1.51. The van der Waals surface area contributed by atoms with Crippen LogP contribution in [0.25, 0.3) is 0 Å². The summed E-state index contributed by atoms with van der Waals surface area (Å²) in [6.07, 6.45) is 12.1. The van der Waals surface area contributed by atoms with Gasteiger partial charge in [-0.3, -0.25) is 14.2 Å². The van der Waals surface area contributed by atoms with Crippen LogP contribution in [0, 0.1) is 5.92 Å². The minimum atomic E-state index is -3.73. The molecule has 5 atom stereocenters. The number of amides is 2. The van der Waals surface area contributed by atoms with Gasteiger partial charge in [0.05, 0.1) is 6.16 Å². The predicted molar refractivity (Wildman–Crippen MR) is 149 cm³/mol. The number of thioether (sulfide) groups is 1.